The van der Waals surface area contributed by atoms with E-state index in [1.807, 2.05) is 0 Å². The van der Waals surface area contributed by atoms with Gasteiger partial charge in [-0.1, -0.05) is 6.08 Å². The molecule has 1 aromatic carbocycles. The van der Waals surface area contributed by atoms with Gasteiger partial charge in [0.1, 0.15) is 6.29 Å². The van der Waals surface area contributed by atoms with Gasteiger partial charge in [-0.3, -0.25) is 9.78 Å². The largest absolute Gasteiger partial charge is 0.417 e. The van der Waals surface area contributed by atoms with Crippen LogP contribution in [0.1, 0.15) is 32.7 Å². The van der Waals surface area contributed by atoms with Crippen LogP contribution in [0.15, 0.2) is 36.5 Å². The van der Waals surface area contributed by atoms with E-state index in [-0.39, 0.29) is 23.1 Å². The number of halogens is 6. The molecule has 0 saturated heterocycles. The molecule has 1 heterocycles. The molecule has 0 amide bonds. The summed E-state index contributed by atoms with van der Waals surface area (Å²) in [5.74, 6) is 0. The number of aromatic nitrogens is 1. The van der Waals surface area contributed by atoms with E-state index in [2.05, 4.69) is 4.98 Å². The lowest BCUT2D eigenvalue weighted by molar-refractivity contribution is -0.138. The summed E-state index contributed by atoms with van der Waals surface area (Å²) in [7, 11) is 0. The Morgan fingerprint density at radius 3 is 1.92 bits per heavy atom. The number of carbonyl (C=O) groups is 1. The lowest BCUT2D eigenvalue weighted by Crippen LogP contribution is -2.06. The number of alkyl halides is 6. The van der Waals surface area contributed by atoms with Gasteiger partial charge in [-0.05, 0) is 42.0 Å². The number of hydrogen-bond acceptors (Lipinski definition) is 2. The molecule has 0 spiro atoms. The zero-order valence-electron chi connectivity index (χ0n) is 11.8. The molecule has 2 nitrogen and oxygen atoms in total. The first-order valence-electron chi connectivity index (χ1n) is 6.48. The first-order valence-corrected chi connectivity index (χ1v) is 6.48. The van der Waals surface area contributed by atoms with E-state index in [9.17, 15) is 31.1 Å². The van der Waals surface area contributed by atoms with Crippen LogP contribution in [0.5, 0.6) is 0 Å². The smallest absolute Gasteiger partial charge is 0.298 e. The number of aldehydes is 1. The first kappa shape index (κ1) is 17.7. The molecule has 2 aromatic rings. The Hall–Kier alpha value is -2.64. The van der Waals surface area contributed by atoms with Crippen LogP contribution in [0, 0.1) is 0 Å². The molecule has 0 aliphatic rings. The Morgan fingerprint density at radius 1 is 0.792 bits per heavy atom. The summed E-state index contributed by atoms with van der Waals surface area (Å²) in [4.78, 5) is 14.3. The maximum absolute atomic E-state index is 12.7. The molecule has 0 bridgehead atoms. The minimum Gasteiger partial charge on any atom is -0.298 e. The number of benzene rings is 1. The molecule has 0 N–H and O–H groups in total. The van der Waals surface area contributed by atoms with Gasteiger partial charge in [0.25, 0.3) is 0 Å². The zero-order chi connectivity index (χ0) is 18.0. The molecule has 2 rings (SSSR count). The molecule has 8 heteroatoms. The van der Waals surface area contributed by atoms with E-state index in [0.29, 0.717) is 12.3 Å². The van der Waals surface area contributed by atoms with Crippen molar-refractivity contribution in [3.63, 3.8) is 0 Å². The summed E-state index contributed by atoms with van der Waals surface area (Å²) < 4.78 is 75.5. The zero-order valence-corrected chi connectivity index (χ0v) is 11.8. The number of nitrogens with zero attached hydrogens (tertiary/aromatic N) is 1. The van der Waals surface area contributed by atoms with Gasteiger partial charge >= 0.3 is 12.4 Å². The van der Waals surface area contributed by atoms with Crippen molar-refractivity contribution in [1.29, 1.82) is 0 Å². The Bertz CT molecular complexity index is 760. The highest BCUT2D eigenvalue weighted by Gasteiger charge is 2.31. The van der Waals surface area contributed by atoms with Crippen LogP contribution in [-0.4, -0.2) is 11.3 Å². The maximum Gasteiger partial charge on any atom is 0.417 e. The fraction of sp³-hybridized carbons (Fsp3) is 0.125. The van der Waals surface area contributed by atoms with Crippen molar-refractivity contribution in [2.75, 3.05) is 0 Å². The predicted molar refractivity (Wildman–Crippen MR) is 75.0 cm³/mol. The normalized spacial score (nSPS) is 12.6. The summed E-state index contributed by atoms with van der Waals surface area (Å²) in [5.41, 5.74) is -1.87. The van der Waals surface area contributed by atoms with Crippen molar-refractivity contribution in [3.8, 4) is 0 Å². The van der Waals surface area contributed by atoms with Crippen LogP contribution in [-0.2, 0) is 12.4 Å². The summed E-state index contributed by atoms with van der Waals surface area (Å²) >= 11 is 0. The molecule has 0 saturated carbocycles. The summed E-state index contributed by atoms with van der Waals surface area (Å²) in [6, 6.07) is 4.67. The molecular weight excluding hydrogens is 336 g/mol. The Kier molecular flexibility index (Phi) is 4.77. The van der Waals surface area contributed by atoms with Gasteiger partial charge in [-0.15, -0.1) is 0 Å². The van der Waals surface area contributed by atoms with Crippen LogP contribution in [0.3, 0.4) is 0 Å². The van der Waals surface area contributed by atoms with Crippen molar-refractivity contribution >= 4 is 18.4 Å². The van der Waals surface area contributed by atoms with Gasteiger partial charge in [0.05, 0.1) is 16.8 Å². The lowest BCUT2D eigenvalue weighted by atomic mass is 10.1. The molecule has 0 atom stereocenters. The van der Waals surface area contributed by atoms with E-state index in [1.54, 1.807) is 0 Å². The molecule has 0 unspecified atom stereocenters. The average molecular weight is 345 g/mol. The van der Waals surface area contributed by atoms with Gasteiger partial charge in [-0.2, -0.15) is 26.3 Å². The number of rotatable bonds is 3. The Labute approximate surface area is 132 Å². The highest BCUT2D eigenvalue weighted by atomic mass is 19.4. The van der Waals surface area contributed by atoms with Crippen molar-refractivity contribution in [2.24, 2.45) is 0 Å². The Morgan fingerprint density at radius 2 is 1.42 bits per heavy atom. The molecule has 0 aliphatic carbocycles. The summed E-state index contributed by atoms with van der Waals surface area (Å²) in [6.45, 7) is 0. The summed E-state index contributed by atoms with van der Waals surface area (Å²) in [6.07, 6.45) is -5.74. The van der Waals surface area contributed by atoms with E-state index in [1.165, 1.54) is 18.2 Å². The first-order chi connectivity index (χ1) is 11.1. The fourth-order valence-electron chi connectivity index (χ4n) is 1.86. The van der Waals surface area contributed by atoms with Crippen molar-refractivity contribution in [2.45, 2.75) is 12.4 Å². The van der Waals surface area contributed by atoms with Crippen LogP contribution < -0.4 is 0 Å². The van der Waals surface area contributed by atoms with E-state index >= 15 is 0 Å². The van der Waals surface area contributed by atoms with Gasteiger partial charge < -0.3 is 0 Å². The Balaban J connectivity index is 2.30. The lowest BCUT2D eigenvalue weighted by Gasteiger charge is -2.08. The van der Waals surface area contributed by atoms with E-state index < -0.39 is 23.5 Å². The van der Waals surface area contributed by atoms with Gasteiger partial charge in [0, 0.05) is 11.8 Å². The van der Waals surface area contributed by atoms with Crippen LogP contribution in [0.25, 0.3) is 12.2 Å². The third-order valence-electron chi connectivity index (χ3n) is 3.00. The number of carbonyl (C=O) groups excluding carboxylic acids is 1. The quantitative estimate of drug-likeness (QED) is 0.572. The predicted octanol–water partition coefficient (Wildman–Crippen LogP) is 5.10. The third-order valence-corrected chi connectivity index (χ3v) is 3.00. The molecular formula is C16H9F6NO. The van der Waals surface area contributed by atoms with Gasteiger partial charge in [0.15, 0.2) is 0 Å². The molecule has 0 aliphatic heterocycles. The van der Waals surface area contributed by atoms with Crippen LogP contribution >= 0.6 is 0 Å². The maximum atomic E-state index is 12.7. The summed E-state index contributed by atoms with van der Waals surface area (Å²) in [5, 5.41) is 0. The molecule has 126 valence electrons. The van der Waals surface area contributed by atoms with Crippen molar-refractivity contribution < 1.29 is 31.1 Å². The number of hydrogen-bond donors (Lipinski definition) is 0. The monoisotopic (exact) mass is 345 g/mol. The van der Waals surface area contributed by atoms with Gasteiger partial charge in [0.2, 0.25) is 0 Å². The second kappa shape index (κ2) is 6.46. The second-order valence-electron chi connectivity index (χ2n) is 4.81. The topological polar surface area (TPSA) is 30.0 Å². The average Bonchev–Trinajstić information content (AvgIpc) is 2.51. The molecule has 1 aromatic heterocycles. The standard InChI is InChI=1S/C16H9F6NO/c17-15(18,19)12-2-4-14(23-8-12)3-1-10-5-11(9-24)7-13(6-10)16(20,21)22/h1-9H/b3-1+. The van der Waals surface area contributed by atoms with E-state index in [4.69, 9.17) is 0 Å². The second-order valence-corrected chi connectivity index (χ2v) is 4.81. The molecule has 0 radical (unpaired) electrons. The highest BCUT2D eigenvalue weighted by molar-refractivity contribution is 5.78. The minimum absolute atomic E-state index is 0.0774. The SMILES string of the molecule is O=Cc1cc(/C=C/c2ccc(C(F)(F)F)cn2)cc(C(F)(F)F)c1. The molecule has 0 fully saturated rings. The van der Waals surface area contributed by atoms with Crippen LogP contribution in [0.4, 0.5) is 26.3 Å². The molecule has 24 heavy (non-hydrogen) atoms. The van der Waals surface area contributed by atoms with E-state index in [0.717, 1.165) is 18.2 Å². The van der Waals surface area contributed by atoms with Crippen molar-refractivity contribution in [1.82, 2.24) is 4.98 Å². The number of pyridine rings is 1. The van der Waals surface area contributed by atoms with Crippen LogP contribution in [0.2, 0.25) is 0 Å². The minimum atomic E-state index is -4.62. The third kappa shape index (κ3) is 4.43. The van der Waals surface area contributed by atoms with Gasteiger partial charge in [-0.25, -0.2) is 0 Å². The fourth-order valence-corrected chi connectivity index (χ4v) is 1.86. The highest BCUT2D eigenvalue weighted by Crippen LogP contribution is 2.31. The van der Waals surface area contributed by atoms with Crippen molar-refractivity contribution in [3.05, 3.63) is 64.5 Å².